The molecule has 0 bridgehead atoms. The Morgan fingerprint density at radius 1 is 1.20 bits per heavy atom. The molecular formula is C24H27FN2O3. The largest absolute Gasteiger partial charge is 0.497 e. The molecule has 0 saturated heterocycles. The first kappa shape index (κ1) is 20.4. The fourth-order valence-corrected chi connectivity index (χ4v) is 4.28. The van der Waals surface area contributed by atoms with Crippen LogP contribution in [0.5, 0.6) is 5.75 Å². The summed E-state index contributed by atoms with van der Waals surface area (Å²) < 4.78 is 19.4. The number of hydrogen-bond donors (Lipinski definition) is 0. The lowest BCUT2D eigenvalue weighted by Crippen LogP contribution is -2.40. The molecule has 0 radical (unpaired) electrons. The molecule has 2 aliphatic rings. The van der Waals surface area contributed by atoms with Crippen molar-refractivity contribution in [2.45, 2.75) is 44.8 Å². The van der Waals surface area contributed by atoms with Gasteiger partial charge in [0.1, 0.15) is 11.6 Å². The first-order valence-corrected chi connectivity index (χ1v) is 10.5. The number of hydrogen-bond acceptors (Lipinski definition) is 4. The van der Waals surface area contributed by atoms with Gasteiger partial charge in [-0.1, -0.05) is 48.3 Å². The fraction of sp³-hybridized carbons (Fsp3) is 0.417. The van der Waals surface area contributed by atoms with Crippen molar-refractivity contribution in [3.63, 3.8) is 0 Å². The number of oxime groups is 1. The van der Waals surface area contributed by atoms with Gasteiger partial charge in [0.15, 0.2) is 6.10 Å². The van der Waals surface area contributed by atoms with Gasteiger partial charge in [0.05, 0.1) is 19.4 Å². The maximum absolute atomic E-state index is 14.1. The monoisotopic (exact) mass is 410 g/mol. The van der Waals surface area contributed by atoms with Crippen molar-refractivity contribution in [1.29, 1.82) is 0 Å². The van der Waals surface area contributed by atoms with Gasteiger partial charge in [0.25, 0.3) is 0 Å². The number of carbonyl (C=O) groups excluding carboxylic acids is 1. The third-order valence-corrected chi connectivity index (χ3v) is 5.87. The van der Waals surface area contributed by atoms with Crippen LogP contribution in [0.4, 0.5) is 4.39 Å². The van der Waals surface area contributed by atoms with Crippen LogP contribution in [0, 0.1) is 11.7 Å². The molecule has 6 heteroatoms. The van der Waals surface area contributed by atoms with E-state index in [1.54, 1.807) is 25.3 Å². The highest BCUT2D eigenvalue weighted by Crippen LogP contribution is 2.28. The Morgan fingerprint density at radius 2 is 2.00 bits per heavy atom. The Kier molecular flexibility index (Phi) is 6.31. The van der Waals surface area contributed by atoms with E-state index in [2.05, 4.69) is 5.16 Å². The maximum Gasteiger partial charge on any atom is 0.226 e. The molecule has 0 unspecified atom stereocenters. The van der Waals surface area contributed by atoms with E-state index in [9.17, 15) is 9.18 Å². The van der Waals surface area contributed by atoms with Crippen molar-refractivity contribution in [2.75, 3.05) is 13.7 Å². The van der Waals surface area contributed by atoms with E-state index in [4.69, 9.17) is 9.57 Å². The van der Waals surface area contributed by atoms with Gasteiger partial charge >= 0.3 is 0 Å². The molecule has 5 nitrogen and oxygen atoms in total. The third-order valence-electron chi connectivity index (χ3n) is 5.87. The predicted octanol–water partition coefficient (Wildman–Crippen LogP) is 4.55. The molecule has 1 saturated carbocycles. The molecule has 2 aromatic carbocycles. The minimum Gasteiger partial charge on any atom is -0.497 e. The topological polar surface area (TPSA) is 51.1 Å². The van der Waals surface area contributed by atoms with Crippen LogP contribution in [0.15, 0.2) is 53.7 Å². The van der Waals surface area contributed by atoms with Gasteiger partial charge in [-0.3, -0.25) is 4.79 Å². The van der Waals surface area contributed by atoms with Crippen molar-refractivity contribution in [1.82, 2.24) is 4.90 Å². The second kappa shape index (κ2) is 9.28. The maximum atomic E-state index is 14.1. The Hall–Kier alpha value is -2.89. The highest BCUT2D eigenvalue weighted by Gasteiger charge is 2.32. The molecule has 158 valence electrons. The summed E-state index contributed by atoms with van der Waals surface area (Å²) in [5.74, 6) is 0.695. The summed E-state index contributed by atoms with van der Waals surface area (Å²) in [6.45, 7) is 0.912. The second-order valence-corrected chi connectivity index (χ2v) is 8.00. The first-order valence-electron chi connectivity index (χ1n) is 10.5. The Labute approximate surface area is 176 Å². The lowest BCUT2D eigenvalue weighted by molar-refractivity contribution is -0.137. The van der Waals surface area contributed by atoms with Crippen LogP contribution in [-0.4, -0.2) is 36.3 Å². The van der Waals surface area contributed by atoms with E-state index in [0.29, 0.717) is 30.8 Å². The molecule has 4 rings (SSSR count). The molecule has 1 fully saturated rings. The molecule has 2 aromatic rings. The summed E-state index contributed by atoms with van der Waals surface area (Å²) in [4.78, 5) is 20.7. The van der Waals surface area contributed by atoms with Gasteiger partial charge < -0.3 is 14.5 Å². The first-order chi connectivity index (χ1) is 14.6. The number of carbonyl (C=O) groups is 1. The van der Waals surface area contributed by atoms with E-state index < -0.39 is 0 Å². The SMILES string of the molecule is COc1cccc(CN(C[C@@H]2CC(c3ccccc3F)=NO2)C(=O)C2CCCC2)c1. The molecule has 1 heterocycles. The van der Waals surface area contributed by atoms with Gasteiger partial charge in [-0.15, -0.1) is 0 Å². The van der Waals surface area contributed by atoms with E-state index in [-0.39, 0.29) is 23.7 Å². The van der Waals surface area contributed by atoms with Crippen molar-refractivity contribution < 1.29 is 18.8 Å². The van der Waals surface area contributed by atoms with Crippen LogP contribution < -0.4 is 4.74 Å². The normalized spacial score (nSPS) is 18.7. The Bertz CT molecular complexity index is 924. The summed E-state index contributed by atoms with van der Waals surface area (Å²) in [6.07, 6.45) is 4.28. The van der Waals surface area contributed by atoms with Crippen molar-refractivity contribution in [3.05, 3.63) is 65.5 Å². The van der Waals surface area contributed by atoms with Crippen molar-refractivity contribution in [2.24, 2.45) is 11.1 Å². The van der Waals surface area contributed by atoms with Gasteiger partial charge in [0, 0.05) is 24.4 Å². The minimum atomic E-state index is -0.309. The number of rotatable bonds is 7. The highest BCUT2D eigenvalue weighted by molar-refractivity contribution is 6.01. The van der Waals surface area contributed by atoms with Crippen LogP contribution in [-0.2, 0) is 16.2 Å². The summed E-state index contributed by atoms with van der Waals surface area (Å²) in [5, 5.41) is 4.11. The van der Waals surface area contributed by atoms with E-state index >= 15 is 0 Å². The number of amides is 1. The Balaban J connectivity index is 1.47. The molecule has 30 heavy (non-hydrogen) atoms. The molecule has 1 atom stereocenters. The third kappa shape index (κ3) is 4.64. The van der Waals surface area contributed by atoms with Crippen LogP contribution in [0.2, 0.25) is 0 Å². The summed E-state index contributed by atoms with van der Waals surface area (Å²) in [7, 11) is 1.63. The summed E-state index contributed by atoms with van der Waals surface area (Å²) >= 11 is 0. The zero-order chi connectivity index (χ0) is 20.9. The van der Waals surface area contributed by atoms with Crippen LogP contribution in [0.3, 0.4) is 0 Å². The molecular weight excluding hydrogens is 383 g/mol. The minimum absolute atomic E-state index is 0.0731. The molecule has 1 aliphatic heterocycles. The van der Waals surface area contributed by atoms with Crippen LogP contribution in [0.1, 0.15) is 43.2 Å². The average Bonchev–Trinajstić information content (AvgIpc) is 3.46. The fourth-order valence-electron chi connectivity index (χ4n) is 4.28. The number of nitrogens with zero attached hydrogens (tertiary/aromatic N) is 2. The number of methoxy groups -OCH3 is 1. The number of benzene rings is 2. The van der Waals surface area contributed by atoms with Crippen LogP contribution >= 0.6 is 0 Å². The summed E-state index contributed by atoms with van der Waals surface area (Å²) in [5.41, 5.74) is 2.06. The number of ether oxygens (including phenoxy) is 1. The predicted molar refractivity (Wildman–Crippen MR) is 113 cm³/mol. The Morgan fingerprint density at radius 3 is 2.77 bits per heavy atom. The van der Waals surface area contributed by atoms with Crippen LogP contribution in [0.25, 0.3) is 0 Å². The quantitative estimate of drug-likeness (QED) is 0.673. The van der Waals surface area contributed by atoms with Gasteiger partial charge in [-0.2, -0.15) is 0 Å². The van der Waals surface area contributed by atoms with Gasteiger partial charge in [-0.05, 0) is 36.6 Å². The molecule has 0 spiro atoms. The zero-order valence-corrected chi connectivity index (χ0v) is 17.2. The van der Waals surface area contributed by atoms with Crippen molar-refractivity contribution in [3.8, 4) is 5.75 Å². The lowest BCUT2D eigenvalue weighted by atomic mass is 10.0. The standard InChI is InChI=1S/C24H27FN2O3/c1-29-19-10-6-7-17(13-19)15-27(24(28)18-8-2-3-9-18)16-20-14-23(26-30-20)21-11-4-5-12-22(21)25/h4-7,10-13,18,20H,2-3,8-9,14-16H2,1H3/t20-/m0/s1. The second-order valence-electron chi connectivity index (χ2n) is 8.00. The number of halogens is 1. The van der Waals surface area contributed by atoms with Gasteiger partial charge in [0.2, 0.25) is 5.91 Å². The lowest BCUT2D eigenvalue weighted by Gasteiger charge is -2.27. The molecule has 1 amide bonds. The molecule has 0 N–H and O–H groups in total. The summed E-state index contributed by atoms with van der Waals surface area (Å²) in [6, 6.07) is 14.3. The van der Waals surface area contributed by atoms with Crippen molar-refractivity contribution >= 4 is 11.6 Å². The highest BCUT2D eigenvalue weighted by atomic mass is 19.1. The zero-order valence-electron chi connectivity index (χ0n) is 17.2. The molecule has 0 aromatic heterocycles. The average molecular weight is 410 g/mol. The van der Waals surface area contributed by atoms with E-state index in [1.807, 2.05) is 29.2 Å². The van der Waals surface area contributed by atoms with E-state index in [0.717, 1.165) is 37.0 Å². The molecule has 1 aliphatic carbocycles. The smallest absolute Gasteiger partial charge is 0.226 e. The van der Waals surface area contributed by atoms with Gasteiger partial charge in [-0.25, -0.2) is 4.39 Å². The van der Waals surface area contributed by atoms with E-state index in [1.165, 1.54) is 6.07 Å².